The third-order valence-electron chi connectivity index (χ3n) is 7.82. The predicted molar refractivity (Wildman–Crippen MR) is 160 cm³/mol. The number of ether oxygens (including phenoxy) is 2. The van der Waals surface area contributed by atoms with Crippen molar-refractivity contribution >= 4 is 17.5 Å². The first-order chi connectivity index (χ1) is 20.6. The normalized spacial score (nSPS) is 19.7. The van der Waals surface area contributed by atoms with Crippen LogP contribution in [-0.4, -0.2) is 83.4 Å². The molecule has 2 amide bonds. The van der Waals surface area contributed by atoms with E-state index in [1.165, 1.54) is 11.0 Å². The van der Waals surface area contributed by atoms with Crippen LogP contribution in [0.25, 0.3) is 0 Å². The molecule has 3 aliphatic heterocycles. The second kappa shape index (κ2) is 13.2. The number of carbonyl (C=O) groups excluding carboxylic acids is 2. The first-order valence-electron chi connectivity index (χ1n) is 15.2. The van der Waals surface area contributed by atoms with Crippen molar-refractivity contribution < 1.29 is 28.3 Å². The minimum Gasteiger partial charge on any atom is -0.454 e. The molecule has 5 rings (SSSR count). The predicted octanol–water partition coefficient (Wildman–Crippen LogP) is 3.83. The van der Waals surface area contributed by atoms with Crippen LogP contribution in [0.4, 0.5) is 0 Å². The second-order valence-corrected chi connectivity index (χ2v) is 12.4. The van der Waals surface area contributed by atoms with Gasteiger partial charge in [0, 0.05) is 45.6 Å². The number of unbranched alkanes of at least 4 members (excludes halogenated alkanes) is 2. The molecule has 2 aromatic rings. The van der Waals surface area contributed by atoms with E-state index in [1.54, 1.807) is 11.0 Å². The van der Waals surface area contributed by atoms with Crippen LogP contribution in [0.3, 0.4) is 0 Å². The molecule has 0 unspecified atom stereocenters. The van der Waals surface area contributed by atoms with Crippen LogP contribution in [0.5, 0.6) is 11.5 Å². The summed E-state index contributed by atoms with van der Waals surface area (Å²) in [5.41, 5.74) is 0.421. The van der Waals surface area contributed by atoms with Gasteiger partial charge in [0.05, 0.1) is 12.3 Å². The summed E-state index contributed by atoms with van der Waals surface area (Å²) in [6, 6.07) is 8.38. The number of hydrogen-bond donors (Lipinski definition) is 0. The maximum atomic E-state index is 13.9. The summed E-state index contributed by atoms with van der Waals surface area (Å²) in [5, 5.41) is 4.28. The highest BCUT2D eigenvalue weighted by Gasteiger charge is 2.42. The Kier molecular flexibility index (Phi) is 9.39. The molecule has 0 saturated carbocycles. The first-order valence-corrected chi connectivity index (χ1v) is 15.2. The zero-order valence-electron chi connectivity index (χ0n) is 25.6. The fourth-order valence-electron chi connectivity index (χ4n) is 5.49. The van der Waals surface area contributed by atoms with Crippen molar-refractivity contribution in [2.75, 3.05) is 39.5 Å². The van der Waals surface area contributed by atoms with Crippen LogP contribution >= 0.6 is 0 Å². The summed E-state index contributed by atoms with van der Waals surface area (Å²) >= 11 is 0. The monoisotopic (exact) mass is 594 g/mol. The SMILES string of the molecule is CCCCCc1ccc(C(=O)N2CC(=NOC(C)(C)C)C[C@H]2C(=O)N2CCN(Cc3ccc4c(c3)OCO4)CC2)c(=O)o1. The Bertz CT molecular complexity index is 1410. The van der Waals surface area contributed by atoms with Crippen LogP contribution in [0.1, 0.15) is 75.1 Å². The van der Waals surface area contributed by atoms with Crippen LogP contribution in [0, 0.1) is 0 Å². The third kappa shape index (κ3) is 7.57. The van der Waals surface area contributed by atoms with Gasteiger partial charge in [-0.25, -0.2) is 4.79 Å². The van der Waals surface area contributed by atoms with Gasteiger partial charge in [0.2, 0.25) is 12.7 Å². The van der Waals surface area contributed by atoms with Crippen molar-refractivity contribution in [3.8, 4) is 11.5 Å². The summed E-state index contributed by atoms with van der Waals surface area (Å²) in [7, 11) is 0. The molecule has 11 heteroatoms. The number of benzene rings is 1. The van der Waals surface area contributed by atoms with Gasteiger partial charge < -0.3 is 28.5 Å². The minimum atomic E-state index is -0.779. The lowest BCUT2D eigenvalue weighted by atomic mass is 10.1. The lowest BCUT2D eigenvalue weighted by molar-refractivity contribution is -0.137. The molecule has 0 spiro atoms. The Morgan fingerprint density at radius 2 is 1.79 bits per heavy atom. The molecule has 232 valence electrons. The molecule has 4 heterocycles. The van der Waals surface area contributed by atoms with Crippen molar-refractivity contribution in [2.45, 2.75) is 78.0 Å². The summed E-state index contributed by atoms with van der Waals surface area (Å²) in [6.07, 6.45) is 3.89. The van der Waals surface area contributed by atoms with Crippen molar-refractivity contribution in [3.63, 3.8) is 0 Å². The molecule has 0 bridgehead atoms. The van der Waals surface area contributed by atoms with Crippen molar-refractivity contribution in [1.29, 1.82) is 0 Å². The maximum absolute atomic E-state index is 13.9. The van der Waals surface area contributed by atoms with Gasteiger partial charge in [0.15, 0.2) is 11.5 Å². The van der Waals surface area contributed by atoms with Gasteiger partial charge in [0.1, 0.15) is 23.0 Å². The number of amides is 2. The van der Waals surface area contributed by atoms with Crippen LogP contribution < -0.4 is 15.1 Å². The number of oxime groups is 1. The molecule has 1 aromatic carbocycles. The number of hydrogen-bond acceptors (Lipinski definition) is 9. The average molecular weight is 595 g/mol. The van der Waals surface area contributed by atoms with Gasteiger partial charge in [0.25, 0.3) is 5.91 Å². The second-order valence-electron chi connectivity index (χ2n) is 12.4. The molecule has 1 atom stereocenters. The average Bonchev–Trinajstić information content (AvgIpc) is 3.63. The molecule has 0 N–H and O–H groups in total. The van der Waals surface area contributed by atoms with Crippen LogP contribution in [-0.2, 0) is 22.6 Å². The zero-order valence-corrected chi connectivity index (χ0v) is 25.6. The Morgan fingerprint density at radius 3 is 2.51 bits per heavy atom. The van der Waals surface area contributed by atoms with Crippen LogP contribution in [0.2, 0.25) is 0 Å². The minimum absolute atomic E-state index is 0.0800. The Hall–Kier alpha value is -3.86. The van der Waals surface area contributed by atoms with E-state index >= 15 is 0 Å². The fraction of sp³-hybridized carbons (Fsp3) is 0.562. The standard InChI is InChI=1S/C32H42N4O7/c1-5-6-7-8-24-10-11-25(31(39)42-24)29(37)36-20-23(33-43-32(2,3)4)18-26(36)30(38)35-15-13-34(14-16-35)19-22-9-12-27-28(17-22)41-21-40-27/h9-12,17,26H,5-8,13-16,18-21H2,1-4H3/t26-/m0/s1. The third-order valence-corrected chi connectivity index (χ3v) is 7.82. The molecule has 2 saturated heterocycles. The molecule has 0 radical (unpaired) electrons. The van der Waals surface area contributed by atoms with Gasteiger partial charge in [-0.15, -0.1) is 0 Å². The molecule has 11 nitrogen and oxygen atoms in total. The van der Waals surface area contributed by atoms with Gasteiger partial charge in [-0.3, -0.25) is 14.5 Å². The lowest BCUT2D eigenvalue weighted by Crippen LogP contribution is -2.54. The molecule has 0 aliphatic carbocycles. The molecular formula is C32H42N4O7. The van der Waals surface area contributed by atoms with Gasteiger partial charge in [-0.1, -0.05) is 31.0 Å². The van der Waals surface area contributed by atoms with E-state index in [9.17, 15) is 14.4 Å². The highest BCUT2D eigenvalue weighted by Crippen LogP contribution is 2.33. The number of piperazine rings is 1. The summed E-state index contributed by atoms with van der Waals surface area (Å²) < 4.78 is 16.4. The first kappa shape index (κ1) is 30.6. The number of carbonyl (C=O) groups is 2. The Labute approximate surface area is 252 Å². The van der Waals surface area contributed by atoms with E-state index in [4.69, 9.17) is 18.7 Å². The Morgan fingerprint density at radius 1 is 1.02 bits per heavy atom. The summed E-state index contributed by atoms with van der Waals surface area (Å²) in [5.74, 6) is 1.38. The largest absolute Gasteiger partial charge is 0.454 e. The molecule has 2 fully saturated rings. The van der Waals surface area contributed by atoms with E-state index < -0.39 is 23.2 Å². The van der Waals surface area contributed by atoms with E-state index in [1.807, 2.05) is 39.0 Å². The van der Waals surface area contributed by atoms with Crippen molar-refractivity contribution in [3.05, 3.63) is 57.6 Å². The number of rotatable bonds is 9. The number of nitrogens with zero attached hydrogens (tertiary/aromatic N) is 4. The molecule has 1 aromatic heterocycles. The highest BCUT2D eigenvalue weighted by molar-refractivity contribution is 6.05. The summed E-state index contributed by atoms with van der Waals surface area (Å²) in [4.78, 5) is 51.6. The van der Waals surface area contributed by atoms with E-state index in [0.29, 0.717) is 44.1 Å². The Balaban J connectivity index is 1.26. The van der Waals surface area contributed by atoms with E-state index in [2.05, 4.69) is 17.0 Å². The summed E-state index contributed by atoms with van der Waals surface area (Å²) in [6.45, 7) is 11.3. The maximum Gasteiger partial charge on any atom is 0.348 e. The molecule has 43 heavy (non-hydrogen) atoms. The zero-order chi connectivity index (χ0) is 30.6. The van der Waals surface area contributed by atoms with E-state index in [0.717, 1.165) is 42.9 Å². The smallest absolute Gasteiger partial charge is 0.348 e. The number of aryl methyl sites for hydroxylation is 1. The van der Waals surface area contributed by atoms with E-state index in [-0.39, 0.29) is 31.2 Å². The number of likely N-dealkylation sites (tertiary alicyclic amines) is 1. The topological polar surface area (TPSA) is 114 Å². The van der Waals surface area contributed by atoms with Crippen molar-refractivity contribution in [2.24, 2.45) is 5.16 Å². The fourth-order valence-corrected chi connectivity index (χ4v) is 5.49. The lowest BCUT2D eigenvalue weighted by Gasteiger charge is -2.37. The quantitative estimate of drug-likeness (QED) is 0.318. The number of fused-ring (bicyclic) bond motifs is 1. The van der Waals surface area contributed by atoms with Crippen molar-refractivity contribution in [1.82, 2.24) is 14.7 Å². The van der Waals surface area contributed by atoms with Gasteiger partial charge in [-0.2, -0.15) is 0 Å². The van der Waals surface area contributed by atoms with Gasteiger partial charge in [-0.05, 0) is 57.0 Å². The molecule has 3 aliphatic rings. The van der Waals surface area contributed by atoms with Gasteiger partial charge >= 0.3 is 5.63 Å². The molecular weight excluding hydrogens is 552 g/mol. The highest BCUT2D eigenvalue weighted by atomic mass is 16.7. The van der Waals surface area contributed by atoms with Crippen LogP contribution in [0.15, 0.2) is 44.7 Å².